The Morgan fingerprint density at radius 2 is 0.706 bits per heavy atom. The third-order valence-corrected chi connectivity index (χ3v) is 0. The van der Waals surface area contributed by atoms with Crippen LogP contribution in [-0.2, 0) is 69.6 Å². The van der Waals surface area contributed by atoms with Gasteiger partial charge in [0.05, 0.1) is 0 Å². The summed E-state index contributed by atoms with van der Waals surface area (Å²) >= 11 is -13.8. The summed E-state index contributed by atoms with van der Waals surface area (Å²) in [7, 11) is 0. The Morgan fingerprint density at radius 3 is 0.706 bits per heavy atom. The Balaban J connectivity index is -0.0000000230. The van der Waals surface area contributed by atoms with E-state index >= 15 is 0 Å². The van der Waals surface area contributed by atoms with Gasteiger partial charge in [0.1, 0.15) is 0 Å². The van der Waals surface area contributed by atoms with Crippen molar-refractivity contribution in [3.05, 3.63) is 0 Å². The van der Waals surface area contributed by atoms with Gasteiger partial charge in [0.2, 0.25) is 0 Å². The van der Waals surface area contributed by atoms with E-state index in [9.17, 15) is 0 Å². The second-order valence-electron chi connectivity index (χ2n) is 0.855. The maximum absolute atomic E-state index is 8.58. The average Bonchev–Trinajstić information content (AvgIpc) is 1.81. The second-order valence-corrected chi connectivity index (χ2v) is 3.41. The van der Waals surface area contributed by atoms with Crippen LogP contribution in [0.3, 0.4) is 0 Å². The quantitative estimate of drug-likeness (QED) is 0.249. The van der Waals surface area contributed by atoms with Crippen LogP contribution in [0.5, 0.6) is 0 Å². The summed E-state index contributed by atoms with van der Waals surface area (Å²) in [6.07, 6.45) is 0. The Kier molecular flexibility index (Phi) is 80.5. The van der Waals surface area contributed by atoms with Crippen LogP contribution in [0.25, 0.3) is 0 Å². The number of hydrogen-bond acceptors (Lipinski definition) is 10. The molecule has 0 unspecified atom stereocenters. The normalized spacial score (nSPS) is 5.06. The molecule has 17 heavy (non-hydrogen) atoms. The van der Waals surface area contributed by atoms with E-state index in [4.69, 9.17) is 40.1 Å². The first-order valence-corrected chi connectivity index (χ1v) is 9.06. The topological polar surface area (TPSA) is 227 Å². The van der Waals surface area contributed by atoms with Crippen molar-refractivity contribution in [1.82, 2.24) is 0 Å². The van der Waals surface area contributed by atoms with Crippen LogP contribution in [0.2, 0.25) is 0 Å². The Bertz CT molecular complexity index is 155. The van der Waals surface area contributed by atoms with Crippen molar-refractivity contribution < 1.29 is 167 Å². The molecule has 17 heteroatoms. The van der Waals surface area contributed by atoms with Crippen LogP contribution in [-0.4, -0.2) is 19.6 Å². The summed E-state index contributed by atoms with van der Waals surface area (Å²) in [5.41, 5.74) is 0. The van der Waals surface area contributed by atoms with Gasteiger partial charge >= 0.3 is 183 Å². The molecule has 1 N–H and O–H groups in total. The van der Waals surface area contributed by atoms with Gasteiger partial charge in [0.15, 0.2) is 0 Å². The SMILES string of the molecule is [La+3].[La+3].[O]=[Al][OH].[O]=[Ti]([O-])[O-].[O]=[Ti]([O-])[O-].[O]=[Ti]([O-])[O-]. The van der Waals surface area contributed by atoms with E-state index in [1.165, 1.54) is 0 Å². The Labute approximate surface area is 178 Å². The molecule has 0 spiro atoms. The molecule has 0 rings (SSSR count). The predicted molar refractivity (Wildman–Crippen MR) is 10.7 cm³/mol. The fourth-order valence-corrected chi connectivity index (χ4v) is 0. The van der Waals surface area contributed by atoms with Crippen molar-refractivity contribution in [3.8, 4) is 0 Å². The average molecular weight is 625 g/mol. The first kappa shape index (κ1) is 37.2. The van der Waals surface area contributed by atoms with E-state index in [1.54, 1.807) is 0 Å². The third kappa shape index (κ3) is 431. The molecular weight excluding hydrogens is 624 g/mol. The first-order chi connectivity index (χ1) is 6.61. The van der Waals surface area contributed by atoms with Crippen LogP contribution in [0, 0.1) is 71.2 Å². The van der Waals surface area contributed by atoms with Crippen LogP contribution >= 0.6 is 0 Å². The van der Waals surface area contributed by atoms with Crippen molar-refractivity contribution in [1.29, 1.82) is 0 Å². The summed E-state index contributed by atoms with van der Waals surface area (Å²) in [6, 6.07) is 0. The van der Waals surface area contributed by atoms with Crippen LogP contribution in [0.1, 0.15) is 0 Å². The van der Waals surface area contributed by atoms with Gasteiger partial charge in [-0.3, -0.25) is 0 Å². The summed E-state index contributed by atoms with van der Waals surface area (Å²) in [6.45, 7) is 0. The van der Waals surface area contributed by atoms with Crippen LogP contribution in [0.15, 0.2) is 0 Å². The molecule has 0 saturated carbocycles. The molecule has 0 heterocycles. The molecule has 0 radical (unpaired) electrons. The standard InChI is InChI=1S/Al.2La.H2O.10O.3Ti/h;;;1H2;;;;;;;;;;;;;/q+1;2*+3;;;;;;6*-1;;;/p-1. The van der Waals surface area contributed by atoms with Gasteiger partial charge in [0, 0.05) is 0 Å². The molecule has 88 valence electrons. The van der Waals surface area contributed by atoms with Crippen LogP contribution < -0.4 is 22.1 Å². The number of hydrogen-bond donors (Lipinski definition) is 1. The monoisotopic (exact) mass is 626 g/mol. The second kappa shape index (κ2) is 36.8. The molecular formula is HAlLa2O11Ti3. The third-order valence-electron chi connectivity index (χ3n) is 0. The van der Waals surface area contributed by atoms with E-state index in [2.05, 4.69) is 0 Å². The molecule has 0 saturated heterocycles. The van der Waals surface area contributed by atoms with Crippen molar-refractivity contribution in [2.24, 2.45) is 0 Å². The van der Waals surface area contributed by atoms with E-state index < -0.39 is 71.3 Å². The van der Waals surface area contributed by atoms with E-state index in [1.807, 2.05) is 0 Å². The summed E-state index contributed by atoms with van der Waals surface area (Å²) in [4.78, 5) is 0. The Hall–Kier alpha value is 3.82. The molecule has 0 atom stereocenters. The summed E-state index contributed by atoms with van der Waals surface area (Å²) < 4.78 is 92.9. The minimum atomic E-state index is -4.08. The molecule has 0 fully saturated rings. The first-order valence-electron chi connectivity index (χ1n) is 2.33. The molecule has 0 aromatic carbocycles. The molecule has 0 aliphatic rings. The van der Waals surface area contributed by atoms with Gasteiger partial charge in [0.25, 0.3) is 0 Å². The maximum atomic E-state index is 8.58. The number of rotatable bonds is 0. The summed E-state index contributed by atoms with van der Waals surface area (Å²) in [5, 5.41) is 0. The molecule has 0 aliphatic carbocycles. The fraction of sp³-hybridized carbons (Fsp3) is 0. The van der Waals surface area contributed by atoms with Gasteiger partial charge in [-0.15, -0.1) is 0 Å². The molecule has 0 aromatic heterocycles. The molecule has 0 amide bonds. The zero-order valence-corrected chi connectivity index (χ0v) is 20.9. The zero-order chi connectivity index (χ0) is 13.4. The summed E-state index contributed by atoms with van der Waals surface area (Å²) in [5.74, 6) is 0. The van der Waals surface area contributed by atoms with E-state index in [0.717, 1.165) is 0 Å². The van der Waals surface area contributed by atoms with Crippen molar-refractivity contribution >= 4 is 15.5 Å². The van der Waals surface area contributed by atoms with Crippen molar-refractivity contribution in [3.63, 3.8) is 0 Å². The zero-order valence-electron chi connectivity index (χ0n) is 7.76. The van der Waals surface area contributed by atoms with E-state index in [0.29, 0.717) is 0 Å². The molecule has 0 aliphatic heterocycles. The van der Waals surface area contributed by atoms with Gasteiger partial charge in [-0.25, -0.2) is 0 Å². The molecule has 0 aromatic rings. The van der Waals surface area contributed by atoms with Crippen LogP contribution in [0.4, 0.5) is 0 Å². The van der Waals surface area contributed by atoms with Gasteiger partial charge in [-0.1, -0.05) is 0 Å². The van der Waals surface area contributed by atoms with Gasteiger partial charge in [-0.05, 0) is 0 Å². The van der Waals surface area contributed by atoms with E-state index in [-0.39, 0.29) is 71.2 Å². The van der Waals surface area contributed by atoms with Gasteiger partial charge in [-0.2, -0.15) is 0 Å². The molecule has 11 nitrogen and oxygen atoms in total. The fourth-order valence-electron chi connectivity index (χ4n) is 0. The van der Waals surface area contributed by atoms with Gasteiger partial charge < -0.3 is 0 Å². The van der Waals surface area contributed by atoms with Crippen molar-refractivity contribution in [2.45, 2.75) is 0 Å². The minimum absolute atomic E-state index is 0. The Morgan fingerprint density at radius 1 is 0.706 bits per heavy atom. The molecule has 0 bridgehead atoms. The van der Waals surface area contributed by atoms with Crippen molar-refractivity contribution in [2.75, 3.05) is 0 Å². The predicted octanol–water partition coefficient (Wildman–Crippen LogP) is -8.55.